The van der Waals surface area contributed by atoms with Crippen LogP contribution in [0, 0.1) is 6.92 Å². The van der Waals surface area contributed by atoms with Gasteiger partial charge in [0.1, 0.15) is 17.6 Å². The van der Waals surface area contributed by atoms with E-state index >= 15 is 0 Å². The zero-order chi connectivity index (χ0) is 21.6. The molecule has 0 radical (unpaired) electrons. The summed E-state index contributed by atoms with van der Waals surface area (Å²) in [5, 5.41) is 11.9. The fraction of sp³-hybridized carbons (Fsp3) is 0.0909. The van der Waals surface area contributed by atoms with Crippen LogP contribution in [0.15, 0.2) is 64.8 Å². The normalized spacial score (nSPS) is 18.3. The van der Waals surface area contributed by atoms with Crippen molar-refractivity contribution in [3.63, 3.8) is 0 Å². The summed E-state index contributed by atoms with van der Waals surface area (Å²) in [5.74, 6) is -1.71. The number of amides is 1. The first-order valence-corrected chi connectivity index (χ1v) is 9.99. The van der Waals surface area contributed by atoms with E-state index in [4.69, 9.17) is 39.2 Å². The Morgan fingerprint density at radius 1 is 1.00 bits per heavy atom. The van der Waals surface area contributed by atoms with Gasteiger partial charge in [-0.2, -0.15) is 0 Å². The van der Waals surface area contributed by atoms with E-state index in [1.807, 2.05) is 0 Å². The molecule has 1 aromatic heterocycles. The van der Waals surface area contributed by atoms with Crippen molar-refractivity contribution in [1.29, 1.82) is 0 Å². The molecule has 2 aromatic carbocycles. The lowest BCUT2D eigenvalue weighted by Gasteiger charge is -2.25. The molecule has 5 nitrogen and oxygen atoms in total. The van der Waals surface area contributed by atoms with Gasteiger partial charge in [0, 0.05) is 16.3 Å². The first-order chi connectivity index (χ1) is 14.3. The molecule has 1 saturated heterocycles. The molecule has 8 heteroatoms. The lowest BCUT2D eigenvalue weighted by Crippen LogP contribution is -2.30. The molecule has 0 aliphatic carbocycles. The molecule has 152 valence electrons. The number of benzene rings is 2. The van der Waals surface area contributed by atoms with Crippen molar-refractivity contribution in [2.24, 2.45) is 0 Å². The molecule has 2 heterocycles. The summed E-state index contributed by atoms with van der Waals surface area (Å²) in [5.41, 5.74) is 1.20. The Kier molecular flexibility index (Phi) is 5.36. The highest BCUT2D eigenvalue weighted by molar-refractivity contribution is 6.52. The highest BCUT2D eigenvalue weighted by Gasteiger charge is 2.48. The topological polar surface area (TPSA) is 70.8 Å². The van der Waals surface area contributed by atoms with E-state index in [2.05, 4.69) is 0 Å². The lowest BCUT2D eigenvalue weighted by atomic mass is 9.99. The number of carbonyl (C=O) groups excluding carboxylic acids is 2. The number of nitrogens with zero attached hydrogens (tertiary/aromatic N) is 1. The zero-order valence-electron chi connectivity index (χ0n) is 15.5. The van der Waals surface area contributed by atoms with Crippen LogP contribution in [0.25, 0.3) is 5.76 Å². The third kappa shape index (κ3) is 3.29. The predicted molar refractivity (Wildman–Crippen MR) is 116 cm³/mol. The number of hydrogen-bond acceptors (Lipinski definition) is 4. The largest absolute Gasteiger partial charge is 0.507 e. The molecule has 1 aliphatic heterocycles. The van der Waals surface area contributed by atoms with Crippen LogP contribution >= 0.6 is 34.8 Å². The van der Waals surface area contributed by atoms with Crippen LogP contribution in [-0.2, 0) is 9.59 Å². The lowest BCUT2D eigenvalue weighted by molar-refractivity contribution is -0.132. The van der Waals surface area contributed by atoms with Crippen LogP contribution in [0.1, 0.15) is 22.9 Å². The van der Waals surface area contributed by atoms with Crippen LogP contribution in [-0.4, -0.2) is 16.8 Å². The second kappa shape index (κ2) is 7.84. The van der Waals surface area contributed by atoms with Crippen LogP contribution < -0.4 is 4.90 Å². The quantitative estimate of drug-likeness (QED) is 0.287. The number of rotatable bonds is 3. The number of furan rings is 1. The van der Waals surface area contributed by atoms with Crippen LogP contribution in [0.5, 0.6) is 0 Å². The summed E-state index contributed by atoms with van der Waals surface area (Å²) in [6.07, 6.45) is 1.43. The Morgan fingerprint density at radius 2 is 1.77 bits per heavy atom. The minimum Gasteiger partial charge on any atom is -0.507 e. The van der Waals surface area contributed by atoms with E-state index in [1.54, 1.807) is 37.3 Å². The average molecular weight is 463 g/mol. The van der Waals surface area contributed by atoms with Gasteiger partial charge < -0.3 is 9.52 Å². The van der Waals surface area contributed by atoms with Gasteiger partial charge in [0.05, 0.1) is 21.9 Å². The van der Waals surface area contributed by atoms with Crippen molar-refractivity contribution in [1.82, 2.24) is 0 Å². The van der Waals surface area contributed by atoms with E-state index in [0.29, 0.717) is 27.1 Å². The van der Waals surface area contributed by atoms with Crippen molar-refractivity contribution in [3.8, 4) is 0 Å². The van der Waals surface area contributed by atoms with E-state index in [9.17, 15) is 14.7 Å². The van der Waals surface area contributed by atoms with E-state index in [-0.39, 0.29) is 21.9 Å². The van der Waals surface area contributed by atoms with Crippen molar-refractivity contribution >= 4 is 57.9 Å². The standard InChI is InChI=1S/C22H14Cl3NO4/c1-11-13(23)4-2-5-16(11)26-19(17-6-3-9-30-17)18(21(28)22(26)29)20(27)12-7-8-14(24)15(25)10-12/h2-10,19,27H,1H3/b20-18-. The molecule has 1 N–H and O–H groups in total. The van der Waals surface area contributed by atoms with Crippen LogP contribution in [0.4, 0.5) is 5.69 Å². The maximum Gasteiger partial charge on any atom is 0.300 e. The number of aliphatic hydroxyl groups excluding tert-OH is 1. The van der Waals surface area contributed by atoms with Crippen molar-refractivity contribution in [3.05, 3.63) is 92.3 Å². The summed E-state index contributed by atoms with van der Waals surface area (Å²) in [6.45, 7) is 1.75. The third-order valence-electron chi connectivity index (χ3n) is 4.95. The zero-order valence-corrected chi connectivity index (χ0v) is 17.8. The van der Waals surface area contributed by atoms with E-state index in [1.165, 1.54) is 29.4 Å². The van der Waals surface area contributed by atoms with E-state index in [0.717, 1.165) is 0 Å². The fourth-order valence-electron chi connectivity index (χ4n) is 3.45. The van der Waals surface area contributed by atoms with Crippen molar-refractivity contribution < 1.29 is 19.1 Å². The molecule has 0 spiro atoms. The summed E-state index contributed by atoms with van der Waals surface area (Å²) in [4.78, 5) is 27.3. The number of aliphatic hydroxyl groups is 1. The SMILES string of the molecule is Cc1c(Cl)cccc1N1C(=O)C(=O)/C(=C(\O)c2ccc(Cl)c(Cl)c2)C1c1ccco1. The van der Waals surface area contributed by atoms with Gasteiger partial charge in [0.25, 0.3) is 11.7 Å². The second-order valence-electron chi connectivity index (χ2n) is 6.70. The molecule has 1 unspecified atom stereocenters. The first-order valence-electron chi connectivity index (χ1n) is 8.86. The Bertz CT molecular complexity index is 1200. The molecule has 3 aromatic rings. The van der Waals surface area contributed by atoms with Gasteiger partial charge in [-0.15, -0.1) is 0 Å². The van der Waals surface area contributed by atoms with E-state index < -0.39 is 17.7 Å². The second-order valence-corrected chi connectivity index (χ2v) is 7.92. The molecule has 1 amide bonds. The third-order valence-corrected chi connectivity index (χ3v) is 6.10. The average Bonchev–Trinajstić information content (AvgIpc) is 3.33. The van der Waals surface area contributed by atoms with Crippen LogP contribution in [0.3, 0.4) is 0 Å². The summed E-state index contributed by atoms with van der Waals surface area (Å²) in [6, 6.07) is 11.8. The summed E-state index contributed by atoms with van der Waals surface area (Å²) >= 11 is 18.3. The first kappa shape index (κ1) is 20.5. The predicted octanol–water partition coefficient (Wildman–Crippen LogP) is 6.17. The molecule has 1 aliphatic rings. The molecule has 1 atom stereocenters. The Labute approximate surface area is 187 Å². The highest BCUT2D eigenvalue weighted by atomic mass is 35.5. The fourth-order valence-corrected chi connectivity index (χ4v) is 3.92. The molecule has 0 bridgehead atoms. The minimum atomic E-state index is -0.980. The maximum absolute atomic E-state index is 13.0. The molecule has 0 saturated carbocycles. The van der Waals surface area contributed by atoms with Gasteiger partial charge in [-0.25, -0.2) is 0 Å². The van der Waals surface area contributed by atoms with Gasteiger partial charge >= 0.3 is 0 Å². The number of anilines is 1. The maximum atomic E-state index is 13.0. The van der Waals surface area contributed by atoms with Crippen molar-refractivity contribution in [2.75, 3.05) is 4.90 Å². The summed E-state index contributed by atoms with van der Waals surface area (Å²) in [7, 11) is 0. The van der Waals surface area contributed by atoms with Gasteiger partial charge in [0.2, 0.25) is 0 Å². The Hall–Kier alpha value is -2.73. The highest BCUT2D eigenvalue weighted by Crippen LogP contribution is 2.44. The van der Waals surface area contributed by atoms with Crippen molar-refractivity contribution in [2.45, 2.75) is 13.0 Å². The number of carbonyl (C=O) groups is 2. The van der Waals surface area contributed by atoms with Gasteiger partial charge in [-0.3, -0.25) is 14.5 Å². The van der Waals surface area contributed by atoms with Crippen LogP contribution in [0.2, 0.25) is 15.1 Å². The molecule has 4 rings (SSSR count). The van der Waals surface area contributed by atoms with Gasteiger partial charge in [-0.05, 0) is 55.0 Å². The summed E-state index contributed by atoms with van der Waals surface area (Å²) < 4.78 is 5.52. The molecule has 1 fully saturated rings. The number of Topliss-reactive ketones (excluding diaryl/α,β-unsaturated/α-hetero) is 1. The Balaban J connectivity index is 1.96. The smallest absolute Gasteiger partial charge is 0.300 e. The number of halogens is 3. The monoisotopic (exact) mass is 461 g/mol. The number of hydrogen-bond donors (Lipinski definition) is 1. The Morgan fingerprint density at radius 3 is 2.43 bits per heavy atom. The molecular formula is C22H14Cl3NO4. The number of ketones is 1. The van der Waals surface area contributed by atoms with Gasteiger partial charge in [-0.1, -0.05) is 40.9 Å². The van der Waals surface area contributed by atoms with Gasteiger partial charge in [0.15, 0.2) is 0 Å². The molecular weight excluding hydrogens is 449 g/mol. The molecule has 30 heavy (non-hydrogen) atoms. The minimum absolute atomic E-state index is 0.118.